The lowest BCUT2D eigenvalue weighted by molar-refractivity contribution is 0.199. The van der Waals surface area contributed by atoms with E-state index in [-0.39, 0.29) is 19.2 Å². The molecule has 21 heavy (non-hydrogen) atoms. The van der Waals surface area contributed by atoms with Crippen LogP contribution >= 0.6 is 0 Å². The van der Waals surface area contributed by atoms with Crippen molar-refractivity contribution >= 4 is 10.0 Å². The first-order chi connectivity index (χ1) is 9.96. The van der Waals surface area contributed by atoms with Crippen LogP contribution in [0.3, 0.4) is 0 Å². The molecule has 2 rings (SSSR count). The lowest BCUT2D eigenvalue weighted by atomic mass is 9.95. The zero-order valence-electron chi connectivity index (χ0n) is 12.9. The van der Waals surface area contributed by atoms with Gasteiger partial charge in [0.15, 0.2) is 0 Å². The number of aliphatic hydroxyl groups is 1. The summed E-state index contributed by atoms with van der Waals surface area (Å²) < 4.78 is 27.5. The van der Waals surface area contributed by atoms with Crippen molar-refractivity contribution in [2.45, 2.75) is 56.9 Å². The molecule has 0 amide bonds. The Morgan fingerprint density at radius 3 is 2.43 bits per heavy atom. The molecular weight excluding hydrogens is 286 g/mol. The second-order valence-corrected chi connectivity index (χ2v) is 7.76. The Balaban J connectivity index is 2.36. The maximum absolute atomic E-state index is 13.0. The predicted octanol–water partition coefficient (Wildman–Crippen LogP) is 2.62. The van der Waals surface area contributed by atoms with Gasteiger partial charge in [0.2, 0.25) is 10.0 Å². The monoisotopic (exact) mass is 311 g/mol. The van der Waals surface area contributed by atoms with Crippen LogP contribution in [0.5, 0.6) is 0 Å². The van der Waals surface area contributed by atoms with Gasteiger partial charge in [-0.2, -0.15) is 4.31 Å². The number of aryl methyl sites for hydroxylation is 2. The van der Waals surface area contributed by atoms with Crippen molar-refractivity contribution in [2.75, 3.05) is 13.2 Å². The molecule has 118 valence electrons. The first-order valence-electron chi connectivity index (χ1n) is 7.67. The smallest absolute Gasteiger partial charge is 0.243 e. The molecule has 0 atom stereocenters. The van der Waals surface area contributed by atoms with E-state index in [9.17, 15) is 13.5 Å². The summed E-state index contributed by atoms with van der Waals surface area (Å²) in [5, 5.41) is 9.28. The van der Waals surface area contributed by atoms with Crippen LogP contribution in [-0.4, -0.2) is 37.0 Å². The van der Waals surface area contributed by atoms with Crippen LogP contribution in [0.1, 0.15) is 43.2 Å². The third-order valence-corrected chi connectivity index (χ3v) is 6.33. The van der Waals surface area contributed by atoms with Gasteiger partial charge in [0.25, 0.3) is 0 Å². The van der Waals surface area contributed by atoms with Crippen molar-refractivity contribution < 1.29 is 13.5 Å². The van der Waals surface area contributed by atoms with E-state index in [1.165, 1.54) is 10.7 Å². The molecule has 4 nitrogen and oxygen atoms in total. The van der Waals surface area contributed by atoms with Gasteiger partial charge in [-0.05, 0) is 38.3 Å². The molecule has 0 aromatic heterocycles. The summed E-state index contributed by atoms with van der Waals surface area (Å²) >= 11 is 0. The van der Waals surface area contributed by atoms with E-state index in [0.717, 1.165) is 36.8 Å². The first kappa shape index (κ1) is 16.5. The Kier molecular flexibility index (Phi) is 5.41. The van der Waals surface area contributed by atoms with E-state index in [0.29, 0.717) is 4.90 Å². The fraction of sp³-hybridized carbons (Fsp3) is 0.625. The Labute approximate surface area is 127 Å². The minimum absolute atomic E-state index is 0.0246. The van der Waals surface area contributed by atoms with Crippen molar-refractivity contribution in [1.82, 2.24) is 4.31 Å². The summed E-state index contributed by atoms with van der Waals surface area (Å²) in [5.41, 5.74) is 1.83. The number of rotatable bonds is 5. The zero-order chi connectivity index (χ0) is 15.5. The second-order valence-electron chi connectivity index (χ2n) is 5.90. The van der Waals surface area contributed by atoms with E-state index < -0.39 is 10.0 Å². The number of sulfonamides is 1. The van der Waals surface area contributed by atoms with Gasteiger partial charge in [-0.15, -0.1) is 0 Å². The molecule has 1 fully saturated rings. The summed E-state index contributed by atoms with van der Waals surface area (Å²) in [6.07, 6.45) is 5.09. The van der Waals surface area contributed by atoms with Crippen LogP contribution in [0.2, 0.25) is 0 Å². The molecule has 1 N–H and O–H groups in total. The number of nitrogens with zero attached hydrogens (tertiary/aromatic N) is 1. The van der Waals surface area contributed by atoms with Crippen LogP contribution in [0.15, 0.2) is 23.1 Å². The van der Waals surface area contributed by atoms with E-state index >= 15 is 0 Å². The number of benzene rings is 1. The fourth-order valence-electron chi connectivity index (χ4n) is 3.18. The van der Waals surface area contributed by atoms with Gasteiger partial charge in [0, 0.05) is 12.6 Å². The highest BCUT2D eigenvalue weighted by Gasteiger charge is 2.32. The number of aliphatic hydroxyl groups excluding tert-OH is 1. The fourth-order valence-corrected chi connectivity index (χ4v) is 5.07. The Hall–Kier alpha value is -0.910. The normalized spacial score (nSPS) is 17.3. The molecule has 1 saturated carbocycles. The maximum Gasteiger partial charge on any atom is 0.243 e. The predicted molar refractivity (Wildman–Crippen MR) is 83.8 cm³/mol. The Morgan fingerprint density at radius 1 is 1.19 bits per heavy atom. The molecule has 1 aromatic rings. The second kappa shape index (κ2) is 6.90. The molecule has 0 saturated heterocycles. The first-order valence-corrected chi connectivity index (χ1v) is 9.11. The van der Waals surface area contributed by atoms with E-state index in [1.807, 2.05) is 26.0 Å². The topological polar surface area (TPSA) is 57.6 Å². The van der Waals surface area contributed by atoms with Crippen LogP contribution < -0.4 is 0 Å². The van der Waals surface area contributed by atoms with Crippen LogP contribution in [-0.2, 0) is 10.0 Å². The Bertz CT molecular complexity index is 577. The quantitative estimate of drug-likeness (QED) is 0.909. The molecule has 0 aliphatic heterocycles. The molecule has 0 radical (unpaired) electrons. The van der Waals surface area contributed by atoms with Crippen LogP contribution in [0.25, 0.3) is 0 Å². The van der Waals surface area contributed by atoms with Crippen molar-refractivity contribution in [2.24, 2.45) is 0 Å². The molecule has 1 aliphatic rings. The molecular formula is C16H25NO3S. The van der Waals surface area contributed by atoms with Crippen LogP contribution in [0, 0.1) is 13.8 Å². The molecule has 0 unspecified atom stereocenters. The molecule has 1 aliphatic carbocycles. The van der Waals surface area contributed by atoms with Gasteiger partial charge < -0.3 is 5.11 Å². The van der Waals surface area contributed by atoms with Gasteiger partial charge in [-0.1, -0.05) is 37.0 Å². The van der Waals surface area contributed by atoms with Gasteiger partial charge in [0.05, 0.1) is 11.5 Å². The summed E-state index contributed by atoms with van der Waals surface area (Å²) in [4.78, 5) is 0.368. The van der Waals surface area contributed by atoms with Gasteiger partial charge in [0.1, 0.15) is 0 Å². The molecule has 0 spiro atoms. The van der Waals surface area contributed by atoms with Gasteiger partial charge >= 0.3 is 0 Å². The van der Waals surface area contributed by atoms with E-state index in [1.54, 1.807) is 6.07 Å². The summed E-state index contributed by atoms with van der Waals surface area (Å²) in [6.45, 7) is 3.83. The third-order valence-electron chi connectivity index (χ3n) is 4.22. The largest absolute Gasteiger partial charge is 0.395 e. The standard InChI is InChI=1S/C16H25NO3S/c1-13-8-9-16(14(2)12-13)21(19,20)17(10-11-18)15-6-4-3-5-7-15/h8-9,12,15,18H,3-7,10-11H2,1-2H3. The molecule has 0 bridgehead atoms. The molecule has 0 heterocycles. The van der Waals surface area contributed by atoms with E-state index in [4.69, 9.17) is 0 Å². The Morgan fingerprint density at radius 2 is 1.86 bits per heavy atom. The third kappa shape index (κ3) is 3.65. The number of hydrogen-bond donors (Lipinski definition) is 1. The lowest BCUT2D eigenvalue weighted by Crippen LogP contribution is -2.43. The number of hydrogen-bond acceptors (Lipinski definition) is 3. The average molecular weight is 311 g/mol. The maximum atomic E-state index is 13.0. The van der Waals surface area contributed by atoms with Crippen molar-refractivity contribution in [3.05, 3.63) is 29.3 Å². The summed E-state index contributed by atoms with van der Waals surface area (Å²) in [5.74, 6) is 0. The van der Waals surface area contributed by atoms with Crippen molar-refractivity contribution in [3.63, 3.8) is 0 Å². The van der Waals surface area contributed by atoms with E-state index in [2.05, 4.69) is 0 Å². The molecule has 5 heteroatoms. The average Bonchev–Trinajstić information content (AvgIpc) is 2.45. The highest BCUT2D eigenvalue weighted by Crippen LogP contribution is 2.29. The van der Waals surface area contributed by atoms with Gasteiger partial charge in [-0.3, -0.25) is 0 Å². The minimum atomic E-state index is -3.54. The minimum Gasteiger partial charge on any atom is -0.395 e. The highest BCUT2D eigenvalue weighted by molar-refractivity contribution is 7.89. The van der Waals surface area contributed by atoms with Crippen LogP contribution in [0.4, 0.5) is 0 Å². The SMILES string of the molecule is Cc1ccc(S(=O)(=O)N(CCO)C2CCCCC2)c(C)c1. The van der Waals surface area contributed by atoms with Gasteiger partial charge in [-0.25, -0.2) is 8.42 Å². The lowest BCUT2D eigenvalue weighted by Gasteiger charge is -2.33. The highest BCUT2D eigenvalue weighted by atomic mass is 32.2. The molecule has 1 aromatic carbocycles. The van der Waals surface area contributed by atoms with Crippen molar-refractivity contribution in [3.8, 4) is 0 Å². The van der Waals surface area contributed by atoms with Crippen molar-refractivity contribution in [1.29, 1.82) is 0 Å². The summed E-state index contributed by atoms with van der Waals surface area (Å²) in [7, 11) is -3.54. The summed E-state index contributed by atoms with van der Waals surface area (Å²) in [6, 6.07) is 5.44. The zero-order valence-corrected chi connectivity index (χ0v) is 13.7.